The molecule has 1 amide bonds. The minimum absolute atomic E-state index is 0.180. The van der Waals surface area contributed by atoms with E-state index in [4.69, 9.17) is 9.47 Å². The van der Waals surface area contributed by atoms with Crippen molar-refractivity contribution in [3.05, 3.63) is 59.8 Å². The van der Waals surface area contributed by atoms with Crippen molar-refractivity contribution >= 4 is 23.0 Å². The molecular formula is C18H15N3O3. The first-order valence-electron chi connectivity index (χ1n) is 7.57. The molecule has 0 atom stereocenters. The maximum absolute atomic E-state index is 12.1. The molecule has 0 saturated carbocycles. The molecule has 3 aromatic rings. The number of benzene rings is 2. The van der Waals surface area contributed by atoms with E-state index in [9.17, 15) is 4.79 Å². The first-order chi connectivity index (χ1) is 11.8. The number of aromatic amines is 1. The lowest BCUT2D eigenvalue weighted by atomic mass is 10.1. The van der Waals surface area contributed by atoms with Crippen molar-refractivity contribution in [3.63, 3.8) is 0 Å². The lowest BCUT2D eigenvalue weighted by molar-refractivity contribution is -0.120. The van der Waals surface area contributed by atoms with Gasteiger partial charge in [-0.15, -0.1) is 0 Å². The molecule has 1 aliphatic rings. The molecule has 1 aliphatic heterocycles. The molecule has 2 aromatic carbocycles. The summed E-state index contributed by atoms with van der Waals surface area (Å²) in [5, 5.41) is 5.05. The number of carbonyl (C=O) groups is 1. The Balaban J connectivity index is 1.43. The highest BCUT2D eigenvalue weighted by molar-refractivity contribution is 5.90. The summed E-state index contributed by atoms with van der Waals surface area (Å²) in [5.41, 5.74) is 5.26. The number of rotatable bonds is 4. The summed E-state index contributed by atoms with van der Waals surface area (Å²) in [4.78, 5) is 15.2. The second-order valence-corrected chi connectivity index (χ2v) is 5.41. The Kier molecular flexibility index (Phi) is 3.63. The van der Waals surface area contributed by atoms with Gasteiger partial charge in [-0.05, 0) is 23.8 Å². The van der Waals surface area contributed by atoms with E-state index in [1.54, 1.807) is 6.21 Å². The number of hydrogen-bond acceptors (Lipinski definition) is 4. The topological polar surface area (TPSA) is 75.7 Å². The summed E-state index contributed by atoms with van der Waals surface area (Å²) in [7, 11) is 0. The minimum Gasteiger partial charge on any atom is -0.454 e. The van der Waals surface area contributed by atoms with Crippen LogP contribution in [0.25, 0.3) is 10.9 Å². The van der Waals surface area contributed by atoms with Gasteiger partial charge < -0.3 is 14.5 Å². The predicted molar refractivity (Wildman–Crippen MR) is 90.3 cm³/mol. The van der Waals surface area contributed by atoms with Crippen molar-refractivity contribution in [2.24, 2.45) is 5.10 Å². The van der Waals surface area contributed by atoms with Crippen molar-refractivity contribution < 1.29 is 14.3 Å². The Labute approximate surface area is 138 Å². The van der Waals surface area contributed by atoms with Gasteiger partial charge in [0.15, 0.2) is 11.5 Å². The Hall–Kier alpha value is -3.28. The molecular weight excluding hydrogens is 306 g/mol. The van der Waals surface area contributed by atoms with Crippen molar-refractivity contribution in [1.82, 2.24) is 10.4 Å². The molecule has 0 bridgehead atoms. The van der Waals surface area contributed by atoms with Gasteiger partial charge in [-0.2, -0.15) is 5.10 Å². The zero-order chi connectivity index (χ0) is 16.4. The third-order valence-corrected chi connectivity index (χ3v) is 3.85. The molecule has 120 valence electrons. The van der Waals surface area contributed by atoms with Crippen LogP contribution in [0.4, 0.5) is 0 Å². The first-order valence-corrected chi connectivity index (χ1v) is 7.57. The summed E-state index contributed by atoms with van der Waals surface area (Å²) in [6, 6.07) is 13.4. The second kappa shape index (κ2) is 6.08. The second-order valence-electron chi connectivity index (χ2n) is 5.41. The summed E-state index contributed by atoms with van der Waals surface area (Å²) in [6.07, 6.45) is 3.66. The predicted octanol–water partition coefficient (Wildman–Crippen LogP) is 2.59. The Morgan fingerprint density at radius 3 is 3.08 bits per heavy atom. The third kappa shape index (κ3) is 2.69. The zero-order valence-corrected chi connectivity index (χ0v) is 12.8. The van der Waals surface area contributed by atoms with Crippen LogP contribution in [0.5, 0.6) is 11.5 Å². The summed E-state index contributed by atoms with van der Waals surface area (Å²) in [6.45, 7) is 0.201. The molecule has 1 aromatic heterocycles. The van der Waals surface area contributed by atoms with Crippen LogP contribution in [0.15, 0.2) is 53.8 Å². The number of para-hydroxylation sites is 2. The molecule has 4 rings (SSSR count). The molecule has 0 aliphatic carbocycles. The largest absolute Gasteiger partial charge is 0.454 e. The van der Waals surface area contributed by atoms with E-state index in [1.807, 2.05) is 48.7 Å². The van der Waals surface area contributed by atoms with Crippen LogP contribution in [-0.4, -0.2) is 23.9 Å². The lowest BCUT2D eigenvalue weighted by Gasteiger charge is -2.01. The number of nitrogens with one attached hydrogen (secondary N) is 2. The summed E-state index contributed by atoms with van der Waals surface area (Å²) < 4.78 is 10.7. The van der Waals surface area contributed by atoms with E-state index in [-0.39, 0.29) is 19.1 Å². The number of aromatic nitrogens is 1. The number of hydrogen-bond donors (Lipinski definition) is 2. The van der Waals surface area contributed by atoms with Gasteiger partial charge in [0.2, 0.25) is 12.7 Å². The van der Waals surface area contributed by atoms with Crippen molar-refractivity contribution in [1.29, 1.82) is 0 Å². The number of ether oxygens (including phenoxy) is 2. The van der Waals surface area contributed by atoms with E-state index in [1.165, 1.54) is 0 Å². The normalized spacial score (nSPS) is 12.8. The molecule has 0 spiro atoms. The van der Waals surface area contributed by atoms with Crippen LogP contribution in [0.1, 0.15) is 11.1 Å². The van der Waals surface area contributed by atoms with Gasteiger partial charge >= 0.3 is 0 Å². The van der Waals surface area contributed by atoms with E-state index >= 15 is 0 Å². The molecule has 6 heteroatoms. The van der Waals surface area contributed by atoms with Gasteiger partial charge in [0, 0.05) is 22.7 Å². The molecule has 0 fully saturated rings. The molecule has 0 saturated heterocycles. The highest BCUT2D eigenvalue weighted by Crippen LogP contribution is 2.34. The molecule has 6 nitrogen and oxygen atoms in total. The van der Waals surface area contributed by atoms with E-state index < -0.39 is 0 Å². The number of fused-ring (bicyclic) bond motifs is 2. The molecule has 2 N–H and O–H groups in total. The maximum atomic E-state index is 12.1. The Bertz CT molecular complexity index is 930. The highest BCUT2D eigenvalue weighted by atomic mass is 16.7. The van der Waals surface area contributed by atoms with E-state index in [0.717, 1.165) is 22.0 Å². The maximum Gasteiger partial charge on any atom is 0.244 e. The fourth-order valence-electron chi connectivity index (χ4n) is 2.72. The number of amides is 1. The molecule has 0 radical (unpaired) electrons. The molecule has 24 heavy (non-hydrogen) atoms. The average molecular weight is 321 g/mol. The van der Waals surface area contributed by atoms with E-state index in [0.29, 0.717) is 11.5 Å². The van der Waals surface area contributed by atoms with Gasteiger partial charge in [0.25, 0.3) is 0 Å². The number of nitrogens with zero attached hydrogens (tertiary/aromatic N) is 1. The van der Waals surface area contributed by atoms with Gasteiger partial charge in [0.05, 0.1) is 12.6 Å². The summed E-state index contributed by atoms with van der Waals surface area (Å²) >= 11 is 0. The molecule has 0 unspecified atom stereocenters. The van der Waals surface area contributed by atoms with Gasteiger partial charge in [0.1, 0.15) is 0 Å². The van der Waals surface area contributed by atoms with Gasteiger partial charge in [-0.3, -0.25) is 4.79 Å². The zero-order valence-electron chi connectivity index (χ0n) is 12.8. The first kappa shape index (κ1) is 14.3. The van der Waals surface area contributed by atoms with Crippen LogP contribution < -0.4 is 14.9 Å². The summed E-state index contributed by atoms with van der Waals surface area (Å²) in [5.74, 6) is 1.15. The fraction of sp³-hybridized carbons (Fsp3) is 0.111. The SMILES string of the molecule is O=C(Cc1c[nH]c2ccccc12)N/N=C/c1cccc2c1OCO2. The Morgan fingerprint density at radius 1 is 1.21 bits per heavy atom. The van der Waals surface area contributed by atoms with Crippen LogP contribution in [-0.2, 0) is 11.2 Å². The van der Waals surface area contributed by atoms with Crippen LogP contribution in [0, 0.1) is 0 Å². The third-order valence-electron chi connectivity index (χ3n) is 3.85. The number of hydrazone groups is 1. The quantitative estimate of drug-likeness (QED) is 0.573. The van der Waals surface area contributed by atoms with Crippen molar-refractivity contribution in [2.45, 2.75) is 6.42 Å². The van der Waals surface area contributed by atoms with Crippen molar-refractivity contribution in [2.75, 3.05) is 6.79 Å². The monoisotopic (exact) mass is 321 g/mol. The smallest absolute Gasteiger partial charge is 0.244 e. The van der Waals surface area contributed by atoms with Crippen LogP contribution in [0.2, 0.25) is 0 Å². The van der Waals surface area contributed by atoms with Crippen molar-refractivity contribution in [3.8, 4) is 11.5 Å². The van der Waals surface area contributed by atoms with Gasteiger partial charge in [-0.1, -0.05) is 24.3 Å². The molecule has 2 heterocycles. The fourth-order valence-corrected chi connectivity index (χ4v) is 2.72. The number of H-pyrrole nitrogens is 1. The lowest BCUT2D eigenvalue weighted by Crippen LogP contribution is -2.19. The van der Waals surface area contributed by atoms with Crippen LogP contribution >= 0.6 is 0 Å². The average Bonchev–Trinajstić information content (AvgIpc) is 3.23. The van der Waals surface area contributed by atoms with E-state index in [2.05, 4.69) is 15.5 Å². The highest BCUT2D eigenvalue weighted by Gasteiger charge is 2.16. The van der Waals surface area contributed by atoms with Crippen LogP contribution in [0.3, 0.4) is 0 Å². The standard InChI is InChI=1S/C18H15N3O3/c22-17(8-13-9-19-15-6-2-1-5-14(13)15)21-20-10-12-4-3-7-16-18(12)24-11-23-16/h1-7,9-10,19H,8,11H2,(H,21,22)/b20-10+. The number of carbonyl (C=O) groups excluding carboxylic acids is 1. The Morgan fingerprint density at radius 2 is 2.12 bits per heavy atom. The van der Waals surface area contributed by atoms with Gasteiger partial charge in [-0.25, -0.2) is 5.43 Å². The minimum atomic E-state index is -0.180.